The van der Waals surface area contributed by atoms with Gasteiger partial charge in [0.2, 0.25) is 0 Å². The van der Waals surface area contributed by atoms with E-state index in [0.29, 0.717) is 16.1 Å². The Morgan fingerprint density at radius 1 is 1.29 bits per heavy atom. The number of rotatable bonds is 5. The second-order valence-corrected chi connectivity index (χ2v) is 7.72. The Hall–Kier alpha value is -1.90. The fourth-order valence-corrected chi connectivity index (χ4v) is 4.43. The summed E-state index contributed by atoms with van der Waals surface area (Å²) in [6.07, 6.45) is -0.213. The summed E-state index contributed by atoms with van der Waals surface area (Å²) in [5.74, 6) is -1.47. The van der Waals surface area contributed by atoms with Crippen LogP contribution in [0.3, 0.4) is 0 Å². The molecule has 0 amide bonds. The molecule has 0 saturated heterocycles. The van der Waals surface area contributed by atoms with Crippen molar-refractivity contribution in [3.8, 4) is 0 Å². The van der Waals surface area contributed by atoms with Gasteiger partial charge in [-0.05, 0) is 35.6 Å². The summed E-state index contributed by atoms with van der Waals surface area (Å²) in [6.45, 7) is 2.73. The predicted octanol–water partition coefficient (Wildman–Crippen LogP) is 3.14. The molecule has 1 N–H and O–H groups in total. The molecule has 1 aromatic carbocycles. The molecule has 0 saturated carbocycles. The number of hydrogen-bond donors (Lipinski definition) is 1. The van der Waals surface area contributed by atoms with E-state index < -0.39 is 22.0 Å². The van der Waals surface area contributed by atoms with Crippen LogP contribution in [0, 0.1) is 6.92 Å². The number of anilines is 1. The van der Waals surface area contributed by atoms with Crippen LogP contribution in [-0.4, -0.2) is 20.4 Å². The van der Waals surface area contributed by atoms with E-state index in [1.807, 2.05) is 0 Å². The summed E-state index contributed by atoms with van der Waals surface area (Å²) in [6, 6.07) is 4.59. The van der Waals surface area contributed by atoms with Crippen molar-refractivity contribution in [2.75, 3.05) is 4.72 Å². The molecule has 9 heteroatoms. The van der Waals surface area contributed by atoms with Crippen molar-refractivity contribution in [2.45, 2.75) is 25.2 Å². The number of sulfonamides is 1. The molecule has 1 heterocycles. The lowest BCUT2D eigenvalue weighted by Gasteiger charge is -2.11. The van der Waals surface area contributed by atoms with E-state index in [4.69, 9.17) is 11.6 Å². The zero-order valence-electron chi connectivity index (χ0n) is 12.8. The SMILES string of the molecule is CC(=O)OC(=O)Cc1cscc1NS(=O)(=O)c1cccc(Cl)c1C. The fraction of sp³-hybridized carbons (Fsp3) is 0.200. The standard InChI is InChI=1S/C15H14ClNO5S2/c1-9-12(16)4-3-5-14(9)24(20,21)17-13-8-23-7-11(13)6-15(19)22-10(2)18/h3-5,7-8,17H,6H2,1-2H3. The number of carbonyl (C=O) groups is 2. The third-order valence-corrected chi connectivity index (χ3v) is 5.80. The molecular weight excluding hydrogens is 374 g/mol. The number of esters is 2. The number of ether oxygens (including phenoxy) is 1. The lowest BCUT2D eigenvalue weighted by atomic mass is 10.2. The average Bonchev–Trinajstić information content (AvgIpc) is 2.87. The maximum absolute atomic E-state index is 12.6. The summed E-state index contributed by atoms with van der Waals surface area (Å²) in [4.78, 5) is 22.4. The number of nitrogens with one attached hydrogen (secondary N) is 1. The molecule has 1 aromatic heterocycles. The van der Waals surface area contributed by atoms with Gasteiger partial charge in [0, 0.05) is 17.3 Å². The Morgan fingerprint density at radius 3 is 2.67 bits per heavy atom. The van der Waals surface area contributed by atoms with E-state index in [1.54, 1.807) is 29.8 Å². The lowest BCUT2D eigenvalue weighted by molar-refractivity contribution is -0.157. The molecule has 2 aromatic rings. The van der Waals surface area contributed by atoms with Crippen LogP contribution in [-0.2, 0) is 30.8 Å². The van der Waals surface area contributed by atoms with Crippen molar-refractivity contribution in [1.82, 2.24) is 0 Å². The first-order valence-corrected chi connectivity index (χ1v) is 9.55. The fourth-order valence-electron chi connectivity index (χ4n) is 1.98. The Labute approximate surface area is 148 Å². The molecule has 0 atom stereocenters. The number of thiophene rings is 1. The molecule has 6 nitrogen and oxygen atoms in total. The highest BCUT2D eigenvalue weighted by Gasteiger charge is 2.21. The molecular formula is C15H14ClNO5S2. The van der Waals surface area contributed by atoms with Gasteiger partial charge >= 0.3 is 11.9 Å². The monoisotopic (exact) mass is 387 g/mol. The molecule has 0 fully saturated rings. The predicted molar refractivity (Wildman–Crippen MR) is 91.8 cm³/mol. The van der Waals surface area contributed by atoms with Crippen LogP contribution in [0.2, 0.25) is 5.02 Å². The quantitative estimate of drug-likeness (QED) is 0.628. The van der Waals surface area contributed by atoms with Gasteiger partial charge in [-0.15, -0.1) is 11.3 Å². The van der Waals surface area contributed by atoms with Gasteiger partial charge in [0.15, 0.2) is 0 Å². The first kappa shape index (κ1) is 18.4. The summed E-state index contributed by atoms with van der Waals surface area (Å²) >= 11 is 7.19. The van der Waals surface area contributed by atoms with Crippen molar-refractivity contribution in [1.29, 1.82) is 0 Å². The second kappa shape index (κ2) is 7.33. The van der Waals surface area contributed by atoms with Gasteiger partial charge in [-0.1, -0.05) is 17.7 Å². The van der Waals surface area contributed by atoms with Crippen LogP contribution in [0.25, 0.3) is 0 Å². The Balaban J connectivity index is 2.25. The highest BCUT2D eigenvalue weighted by atomic mass is 35.5. The van der Waals surface area contributed by atoms with Gasteiger partial charge < -0.3 is 4.74 Å². The molecule has 0 radical (unpaired) electrons. The molecule has 0 unspecified atom stereocenters. The molecule has 24 heavy (non-hydrogen) atoms. The van der Waals surface area contributed by atoms with E-state index >= 15 is 0 Å². The van der Waals surface area contributed by atoms with Crippen LogP contribution in [0.5, 0.6) is 0 Å². The Kier molecular flexibility index (Phi) is 5.63. The number of carbonyl (C=O) groups excluding carboxylic acids is 2. The van der Waals surface area contributed by atoms with Crippen LogP contribution in [0.15, 0.2) is 33.9 Å². The van der Waals surface area contributed by atoms with Crippen molar-refractivity contribution < 1.29 is 22.7 Å². The zero-order valence-corrected chi connectivity index (χ0v) is 15.2. The number of hydrogen-bond acceptors (Lipinski definition) is 6. The Bertz CT molecular complexity index is 889. The van der Waals surface area contributed by atoms with E-state index in [9.17, 15) is 18.0 Å². The maximum atomic E-state index is 12.6. The smallest absolute Gasteiger partial charge is 0.318 e. The van der Waals surface area contributed by atoms with E-state index in [-0.39, 0.29) is 17.0 Å². The third kappa shape index (κ3) is 4.34. The summed E-state index contributed by atoms with van der Waals surface area (Å²) in [5.41, 5.74) is 1.12. The van der Waals surface area contributed by atoms with Crippen molar-refractivity contribution in [2.24, 2.45) is 0 Å². The topological polar surface area (TPSA) is 89.5 Å². The van der Waals surface area contributed by atoms with Crippen LogP contribution in [0.4, 0.5) is 5.69 Å². The average molecular weight is 388 g/mol. The second-order valence-electron chi connectivity index (χ2n) is 4.92. The maximum Gasteiger partial charge on any atom is 0.318 e. The highest BCUT2D eigenvalue weighted by Crippen LogP contribution is 2.28. The van der Waals surface area contributed by atoms with Crippen molar-refractivity contribution >= 4 is 50.6 Å². The van der Waals surface area contributed by atoms with E-state index in [1.165, 1.54) is 17.4 Å². The highest BCUT2D eigenvalue weighted by molar-refractivity contribution is 7.92. The van der Waals surface area contributed by atoms with Gasteiger partial charge in [0.05, 0.1) is 17.0 Å². The van der Waals surface area contributed by atoms with Crippen molar-refractivity contribution in [3.63, 3.8) is 0 Å². The molecule has 0 aliphatic carbocycles. The minimum Gasteiger partial charge on any atom is -0.393 e. The molecule has 0 spiro atoms. The van der Waals surface area contributed by atoms with Crippen LogP contribution < -0.4 is 4.72 Å². The third-order valence-electron chi connectivity index (χ3n) is 3.09. The molecule has 128 valence electrons. The zero-order chi connectivity index (χ0) is 17.9. The van der Waals surface area contributed by atoms with Gasteiger partial charge in [0.25, 0.3) is 10.0 Å². The first-order valence-electron chi connectivity index (χ1n) is 6.75. The van der Waals surface area contributed by atoms with E-state index in [2.05, 4.69) is 9.46 Å². The molecule has 2 rings (SSSR count). The molecule has 0 bridgehead atoms. The van der Waals surface area contributed by atoms with E-state index in [0.717, 1.165) is 6.92 Å². The van der Waals surface area contributed by atoms with Crippen LogP contribution in [0.1, 0.15) is 18.1 Å². The molecule has 0 aliphatic rings. The lowest BCUT2D eigenvalue weighted by Crippen LogP contribution is -2.16. The van der Waals surface area contributed by atoms with Gasteiger partial charge in [-0.2, -0.15) is 0 Å². The minimum atomic E-state index is -3.86. The normalized spacial score (nSPS) is 11.1. The van der Waals surface area contributed by atoms with Gasteiger partial charge in [0.1, 0.15) is 0 Å². The van der Waals surface area contributed by atoms with Gasteiger partial charge in [-0.25, -0.2) is 8.42 Å². The summed E-state index contributed by atoms with van der Waals surface area (Å²) < 4.78 is 32.0. The van der Waals surface area contributed by atoms with Gasteiger partial charge in [-0.3, -0.25) is 14.3 Å². The number of halogens is 1. The summed E-state index contributed by atoms with van der Waals surface area (Å²) in [7, 11) is -3.86. The number of benzene rings is 1. The summed E-state index contributed by atoms with van der Waals surface area (Å²) in [5, 5.41) is 3.52. The van der Waals surface area contributed by atoms with Crippen LogP contribution >= 0.6 is 22.9 Å². The Morgan fingerprint density at radius 2 is 2.00 bits per heavy atom. The molecule has 0 aliphatic heterocycles. The minimum absolute atomic E-state index is 0.0541. The first-order chi connectivity index (χ1) is 11.2. The van der Waals surface area contributed by atoms with Crippen molar-refractivity contribution in [3.05, 3.63) is 45.1 Å². The largest absolute Gasteiger partial charge is 0.393 e.